The second kappa shape index (κ2) is 8.90. The van der Waals surface area contributed by atoms with Crippen LogP contribution in [0.4, 0.5) is 11.4 Å². The molecule has 6 rings (SSSR count). The summed E-state index contributed by atoms with van der Waals surface area (Å²) in [6.07, 6.45) is 10.6. The van der Waals surface area contributed by atoms with Gasteiger partial charge in [0.05, 0.1) is 17.6 Å². The SMILES string of the molecule is O=C(c1cc(-c2cnccn2)ccn1)N(c1ccccc1)c1cccc(-c2nncn2C2CC2)c1. The molecule has 0 N–H and O–H groups in total. The first-order chi connectivity index (χ1) is 17.3. The molecule has 1 amide bonds. The number of pyridine rings is 1. The second-order valence-corrected chi connectivity index (χ2v) is 8.34. The molecule has 5 aromatic rings. The van der Waals surface area contributed by atoms with Crippen molar-refractivity contribution in [3.63, 3.8) is 0 Å². The molecular weight excluding hydrogens is 438 g/mol. The number of nitrogens with zero attached hydrogens (tertiary/aromatic N) is 7. The number of carbonyl (C=O) groups excluding carboxylic acids is 1. The van der Waals surface area contributed by atoms with E-state index in [2.05, 4.69) is 29.7 Å². The topological polar surface area (TPSA) is 89.7 Å². The van der Waals surface area contributed by atoms with Crippen LogP contribution in [0.1, 0.15) is 29.4 Å². The van der Waals surface area contributed by atoms with Crippen molar-refractivity contribution in [1.29, 1.82) is 0 Å². The summed E-state index contributed by atoms with van der Waals surface area (Å²) in [6, 6.07) is 21.4. The van der Waals surface area contributed by atoms with Gasteiger partial charge in [-0.3, -0.25) is 24.6 Å². The van der Waals surface area contributed by atoms with Crippen molar-refractivity contribution in [2.75, 3.05) is 4.90 Å². The molecule has 1 fully saturated rings. The summed E-state index contributed by atoms with van der Waals surface area (Å²) >= 11 is 0. The van der Waals surface area contributed by atoms with Crippen LogP contribution in [0.25, 0.3) is 22.6 Å². The molecule has 1 aliphatic carbocycles. The van der Waals surface area contributed by atoms with Crippen molar-refractivity contribution in [2.24, 2.45) is 0 Å². The zero-order chi connectivity index (χ0) is 23.6. The van der Waals surface area contributed by atoms with Crippen LogP contribution in [0, 0.1) is 0 Å². The minimum Gasteiger partial charge on any atom is -0.310 e. The summed E-state index contributed by atoms with van der Waals surface area (Å²) in [5, 5.41) is 8.48. The fourth-order valence-electron chi connectivity index (χ4n) is 4.08. The predicted molar refractivity (Wildman–Crippen MR) is 132 cm³/mol. The highest BCUT2D eigenvalue weighted by molar-refractivity contribution is 6.10. The Morgan fingerprint density at radius 1 is 0.857 bits per heavy atom. The van der Waals surface area contributed by atoms with Crippen LogP contribution >= 0.6 is 0 Å². The van der Waals surface area contributed by atoms with Gasteiger partial charge in [-0.05, 0) is 49.2 Å². The van der Waals surface area contributed by atoms with Gasteiger partial charge in [-0.2, -0.15) is 0 Å². The maximum Gasteiger partial charge on any atom is 0.281 e. The van der Waals surface area contributed by atoms with Crippen molar-refractivity contribution >= 4 is 17.3 Å². The first kappa shape index (κ1) is 20.9. The van der Waals surface area contributed by atoms with E-state index in [0.29, 0.717) is 17.4 Å². The highest BCUT2D eigenvalue weighted by Gasteiger charge is 2.27. The molecule has 8 nitrogen and oxygen atoms in total. The summed E-state index contributed by atoms with van der Waals surface area (Å²) < 4.78 is 2.11. The molecule has 1 aliphatic rings. The summed E-state index contributed by atoms with van der Waals surface area (Å²) in [7, 11) is 0. The monoisotopic (exact) mass is 459 g/mol. The Labute approximate surface area is 202 Å². The lowest BCUT2D eigenvalue weighted by Gasteiger charge is -2.23. The van der Waals surface area contributed by atoms with Gasteiger partial charge >= 0.3 is 0 Å². The molecule has 2 aromatic carbocycles. The number of aromatic nitrogens is 6. The van der Waals surface area contributed by atoms with Crippen molar-refractivity contribution < 1.29 is 4.79 Å². The molecule has 0 saturated heterocycles. The van der Waals surface area contributed by atoms with E-state index in [9.17, 15) is 4.79 Å². The number of benzene rings is 2. The number of hydrogen-bond donors (Lipinski definition) is 0. The Balaban J connectivity index is 1.42. The lowest BCUT2D eigenvalue weighted by Crippen LogP contribution is -2.27. The second-order valence-electron chi connectivity index (χ2n) is 8.34. The largest absolute Gasteiger partial charge is 0.310 e. The van der Waals surface area contributed by atoms with Gasteiger partial charge in [0, 0.05) is 41.4 Å². The highest BCUT2D eigenvalue weighted by atomic mass is 16.2. The molecule has 0 aliphatic heterocycles. The Kier molecular flexibility index (Phi) is 5.31. The Hall–Kier alpha value is -4.72. The van der Waals surface area contributed by atoms with Crippen molar-refractivity contribution in [3.05, 3.63) is 104 Å². The first-order valence-electron chi connectivity index (χ1n) is 11.4. The summed E-state index contributed by atoms with van der Waals surface area (Å²) in [5.74, 6) is 0.556. The number of hydrogen-bond acceptors (Lipinski definition) is 6. The number of anilines is 2. The van der Waals surface area contributed by atoms with Crippen molar-refractivity contribution in [3.8, 4) is 22.6 Å². The summed E-state index contributed by atoms with van der Waals surface area (Å²) in [4.78, 5) is 28.4. The Bertz CT molecular complexity index is 1480. The van der Waals surface area contributed by atoms with Crippen LogP contribution in [-0.4, -0.2) is 35.6 Å². The first-order valence-corrected chi connectivity index (χ1v) is 11.4. The van der Waals surface area contributed by atoms with Crippen molar-refractivity contribution in [2.45, 2.75) is 18.9 Å². The van der Waals surface area contributed by atoms with Crippen LogP contribution in [-0.2, 0) is 0 Å². The van der Waals surface area contributed by atoms with E-state index in [-0.39, 0.29) is 5.91 Å². The third-order valence-electron chi connectivity index (χ3n) is 5.93. The molecule has 3 heterocycles. The third kappa shape index (κ3) is 4.17. The van der Waals surface area contributed by atoms with Crippen LogP contribution in [0.3, 0.4) is 0 Å². The molecule has 35 heavy (non-hydrogen) atoms. The number of rotatable bonds is 6. The van der Waals surface area contributed by atoms with Crippen molar-refractivity contribution in [1.82, 2.24) is 29.7 Å². The fourth-order valence-corrected chi connectivity index (χ4v) is 4.08. The minimum absolute atomic E-state index is 0.247. The highest BCUT2D eigenvalue weighted by Crippen LogP contribution is 2.38. The summed E-state index contributed by atoms with van der Waals surface area (Å²) in [6.45, 7) is 0. The molecule has 0 bridgehead atoms. The van der Waals surface area contributed by atoms with E-state index in [4.69, 9.17) is 0 Å². The molecule has 1 saturated carbocycles. The number of para-hydroxylation sites is 1. The fraction of sp³-hybridized carbons (Fsp3) is 0.111. The van der Waals surface area contributed by atoms with Gasteiger partial charge < -0.3 is 4.57 Å². The Morgan fingerprint density at radius 2 is 1.71 bits per heavy atom. The molecule has 0 unspecified atom stereocenters. The number of amides is 1. The maximum atomic E-state index is 13.9. The minimum atomic E-state index is -0.247. The molecular formula is C27H21N7O. The van der Waals surface area contributed by atoms with E-state index in [1.807, 2.05) is 60.7 Å². The van der Waals surface area contributed by atoms with Crippen LogP contribution < -0.4 is 4.90 Å². The van der Waals surface area contributed by atoms with E-state index in [1.165, 1.54) is 0 Å². The lowest BCUT2D eigenvalue weighted by molar-refractivity contribution is 0.0994. The van der Waals surface area contributed by atoms with E-state index in [1.54, 1.807) is 42.1 Å². The van der Waals surface area contributed by atoms with Gasteiger partial charge in [0.25, 0.3) is 5.91 Å². The predicted octanol–water partition coefficient (Wildman–Crippen LogP) is 5.11. The third-order valence-corrected chi connectivity index (χ3v) is 5.93. The molecule has 3 aromatic heterocycles. The molecule has 0 radical (unpaired) electrons. The average Bonchev–Trinajstić information content (AvgIpc) is 3.66. The van der Waals surface area contributed by atoms with Crippen LogP contribution in [0.5, 0.6) is 0 Å². The smallest absolute Gasteiger partial charge is 0.281 e. The molecule has 0 atom stereocenters. The van der Waals surface area contributed by atoms with Gasteiger partial charge in [-0.1, -0.05) is 30.3 Å². The van der Waals surface area contributed by atoms with E-state index >= 15 is 0 Å². The van der Waals surface area contributed by atoms with Crippen LogP contribution in [0.15, 0.2) is 97.8 Å². The molecule has 8 heteroatoms. The van der Waals surface area contributed by atoms with Gasteiger partial charge in [-0.15, -0.1) is 10.2 Å². The Morgan fingerprint density at radius 3 is 2.51 bits per heavy atom. The lowest BCUT2D eigenvalue weighted by atomic mass is 10.1. The summed E-state index contributed by atoms with van der Waals surface area (Å²) in [5.41, 5.74) is 4.12. The molecule has 170 valence electrons. The van der Waals surface area contributed by atoms with Gasteiger partial charge in [-0.25, -0.2) is 0 Å². The quantitative estimate of drug-likeness (QED) is 0.351. The maximum absolute atomic E-state index is 13.9. The number of carbonyl (C=O) groups is 1. The standard InChI is InChI=1S/C27H21N7O/c35-27(24-16-19(11-12-29-24)25-17-28-13-14-30-25)34(22-6-2-1-3-7-22)23-8-4-5-20(15-23)26-32-31-18-33(26)21-9-10-21/h1-8,11-18,21H,9-10H2. The normalized spacial score (nSPS) is 12.9. The van der Waals surface area contributed by atoms with Crippen LogP contribution in [0.2, 0.25) is 0 Å². The van der Waals surface area contributed by atoms with E-state index in [0.717, 1.165) is 41.2 Å². The zero-order valence-corrected chi connectivity index (χ0v) is 18.8. The van der Waals surface area contributed by atoms with E-state index < -0.39 is 0 Å². The van der Waals surface area contributed by atoms with Gasteiger partial charge in [0.15, 0.2) is 5.82 Å². The van der Waals surface area contributed by atoms with Gasteiger partial charge in [0.2, 0.25) is 0 Å². The zero-order valence-electron chi connectivity index (χ0n) is 18.8. The van der Waals surface area contributed by atoms with Gasteiger partial charge in [0.1, 0.15) is 12.0 Å². The molecule has 0 spiro atoms. The average molecular weight is 460 g/mol.